The first-order chi connectivity index (χ1) is 10.2. The standard InChI is InChI=1S/C16H22N4O/c1-11(16-19-17-10-20(16)2)18-15-6-4-5-12-9-13(21-3)7-8-14(12)15/h7-11,15,18H,4-6H2,1-3H3. The van der Waals surface area contributed by atoms with E-state index in [1.807, 2.05) is 17.7 Å². The van der Waals surface area contributed by atoms with Gasteiger partial charge in [0.2, 0.25) is 0 Å². The molecule has 3 rings (SSSR count). The van der Waals surface area contributed by atoms with Crippen LogP contribution in [0.5, 0.6) is 5.75 Å². The molecule has 0 aliphatic heterocycles. The van der Waals surface area contributed by atoms with Crippen LogP contribution in [0, 0.1) is 0 Å². The largest absolute Gasteiger partial charge is 0.497 e. The third kappa shape index (κ3) is 2.78. The van der Waals surface area contributed by atoms with Gasteiger partial charge in [0.25, 0.3) is 0 Å². The quantitative estimate of drug-likeness (QED) is 0.938. The number of hydrogen-bond acceptors (Lipinski definition) is 4. The highest BCUT2D eigenvalue weighted by Gasteiger charge is 2.23. The molecule has 112 valence electrons. The summed E-state index contributed by atoms with van der Waals surface area (Å²) < 4.78 is 7.30. The lowest BCUT2D eigenvalue weighted by Crippen LogP contribution is -2.29. The van der Waals surface area contributed by atoms with Crippen molar-refractivity contribution in [2.75, 3.05) is 7.11 Å². The molecule has 5 nitrogen and oxygen atoms in total. The molecule has 1 heterocycles. The predicted octanol–water partition coefficient (Wildman–Crippen LogP) is 2.55. The van der Waals surface area contributed by atoms with Gasteiger partial charge in [0.15, 0.2) is 0 Å². The minimum Gasteiger partial charge on any atom is -0.497 e. The number of rotatable bonds is 4. The molecule has 2 atom stereocenters. The van der Waals surface area contributed by atoms with E-state index in [4.69, 9.17) is 4.74 Å². The monoisotopic (exact) mass is 286 g/mol. The topological polar surface area (TPSA) is 52.0 Å². The Morgan fingerprint density at radius 3 is 3.00 bits per heavy atom. The molecule has 1 aromatic heterocycles. The first-order valence-corrected chi connectivity index (χ1v) is 7.46. The van der Waals surface area contributed by atoms with E-state index in [1.54, 1.807) is 13.4 Å². The van der Waals surface area contributed by atoms with Gasteiger partial charge in [-0.15, -0.1) is 10.2 Å². The van der Waals surface area contributed by atoms with E-state index in [9.17, 15) is 0 Å². The summed E-state index contributed by atoms with van der Waals surface area (Å²) in [6.45, 7) is 2.14. The van der Waals surface area contributed by atoms with Crippen molar-refractivity contribution in [2.45, 2.75) is 38.3 Å². The Morgan fingerprint density at radius 1 is 1.43 bits per heavy atom. The van der Waals surface area contributed by atoms with Crippen LogP contribution >= 0.6 is 0 Å². The summed E-state index contributed by atoms with van der Waals surface area (Å²) in [4.78, 5) is 0. The summed E-state index contributed by atoms with van der Waals surface area (Å²) in [6, 6.07) is 6.94. The second kappa shape index (κ2) is 5.85. The Hall–Kier alpha value is -1.88. The summed E-state index contributed by atoms with van der Waals surface area (Å²) in [6.07, 6.45) is 5.22. The van der Waals surface area contributed by atoms with Crippen LogP contribution in [0.4, 0.5) is 0 Å². The second-order valence-electron chi connectivity index (χ2n) is 5.70. The highest BCUT2D eigenvalue weighted by Crippen LogP contribution is 2.33. The Balaban J connectivity index is 1.80. The zero-order valence-electron chi connectivity index (χ0n) is 12.8. The average molecular weight is 286 g/mol. The number of aryl methyl sites for hydroxylation is 2. The molecule has 2 aromatic rings. The van der Waals surface area contributed by atoms with Crippen LogP contribution in [0.3, 0.4) is 0 Å². The summed E-state index contributed by atoms with van der Waals surface area (Å²) in [5.41, 5.74) is 2.78. The first kappa shape index (κ1) is 14.1. The molecular weight excluding hydrogens is 264 g/mol. The highest BCUT2D eigenvalue weighted by molar-refractivity contribution is 5.39. The van der Waals surface area contributed by atoms with Gasteiger partial charge < -0.3 is 14.6 Å². The van der Waals surface area contributed by atoms with E-state index in [0.29, 0.717) is 6.04 Å². The van der Waals surface area contributed by atoms with Crippen LogP contribution < -0.4 is 10.1 Å². The molecule has 0 saturated carbocycles. The number of methoxy groups -OCH3 is 1. The van der Waals surface area contributed by atoms with Gasteiger partial charge in [0, 0.05) is 13.1 Å². The van der Waals surface area contributed by atoms with E-state index < -0.39 is 0 Å². The zero-order valence-corrected chi connectivity index (χ0v) is 12.8. The normalized spacial score (nSPS) is 19.1. The molecule has 2 unspecified atom stereocenters. The maximum absolute atomic E-state index is 5.33. The molecule has 0 amide bonds. The molecule has 0 spiro atoms. The van der Waals surface area contributed by atoms with Gasteiger partial charge in [-0.05, 0) is 49.4 Å². The minimum atomic E-state index is 0.176. The average Bonchev–Trinajstić information content (AvgIpc) is 2.93. The van der Waals surface area contributed by atoms with E-state index in [2.05, 4.69) is 34.6 Å². The van der Waals surface area contributed by atoms with Gasteiger partial charge in [-0.2, -0.15) is 0 Å². The zero-order chi connectivity index (χ0) is 14.8. The molecule has 1 aliphatic rings. The molecule has 0 bridgehead atoms. The van der Waals surface area contributed by atoms with Gasteiger partial charge in [-0.1, -0.05) is 6.07 Å². The summed E-state index contributed by atoms with van der Waals surface area (Å²) in [5, 5.41) is 11.8. The Labute approximate surface area is 125 Å². The van der Waals surface area contributed by atoms with Crippen LogP contribution in [0.15, 0.2) is 24.5 Å². The summed E-state index contributed by atoms with van der Waals surface area (Å²) >= 11 is 0. The van der Waals surface area contributed by atoms with Crippen molar-refractivity contribution in [1.29, 1.82) is 0 Å². The number of fused-ring (bicyclic) bond motifs is 1. The third-order valence-corrected chi connectivity index (χ3v) is 4.25. The second-order valence-corrected chi connectivity index (χ2v) is 5.70. The SMILES string of the molecule is COc1ccc2c(c1)CCCC2NC(C)c1nncn1C. The van der Waals surface area contributed by atoms with Crippen molar-refractivity contribution in [3.05, 3.63) is 41.5 Å². The minimum absolute atomic E-state index is 0.176. The van der Waals surface area contributed by atoms with Crippen molar-refractivity contribution < 1.29 is 4.74 Å². The molecular formula is C16H22N4O. The van der Waals surface area contributed by atoms with E-state index in [0.717, 1.165) is 24.4 Å². The van der Waals surface area contributed by atoms with E-state index >= 15 is 0 Å². The van der Waals surface area contributed by atoms with E-state index in [1.165, 1.54) is 17.5 Å². The maximum atomic E-state index is 5.33. The van der Waals surface area contributed by atoms with Crippen molar-refractivity contribution in [1.82, 2.24) is 20.1 Å². The fourth-order valence-electron chi connectivity index (χ4n) is 3.15. The Bertz CT molecular complexity index is 622. The molecule has 1 aromatic carbocycles. The number of ether oxygens (including phenoxy) is 1. The maximum Gasteiger partial charge on any atom is 0.149 e. The third-order valence-electron chi connectivity index (χ3n) is 4.25. The van der Waals surface area contributed by atoms with Crippen molar-refractivity contribution in [2.24, 2.45) is 7.05 Å². The van der Waals surface area contributed by atoms with Crippen LogP contribution in [0.1, 0.15) is 48.8 Å². The highest BCUT2D eigenvalue weighted by atomic mass is 16.5. The molecule has 21 heavy (non-hydrogen) atoms. The fraction of sp³-hybridized carbons (Fsp3) is 0.500. The Morgan fingerprint density at radius 2 is 2.29 bits per heavy atom. The fourth-order valence-corrected chi connectivity index (χ4v) is 3.15. The Kier molecular flexibility index (Phi) is 3.92. The van der Waals surface area contributed by atoms with Crippen LogP contribution in [-0.2, 0) is 13.5 Å². The van der Waals surface area contributed by atoms with Crippen LogP contribution in [0.25, 0.3) is 0 Å². The van der Waals surface area contributed by atoms with Crippen LogP contribution in [0.2, 0.25) is 0 Å². The van der Waals surface area contributed by atoms with Gasteiger partial charge in [0.1, 0.15) is 17.9 Å². The van der Waals surface area contributed by atoms with Crippen molar-refractivity contribution in [3.8, 4) is 5.75 Å². The predicted molar refractivity (Wildman–Crippen MR) is 81.2 cm³/mol. The lowest BCUT2D eigenvalue weighted by atomic mass is 9.87. The van der Waals surface area contributed by atoms with E-state index in [-0.39, 0.29) is 6.04 Å². The number of nitrogens with zero attached hydrogens (tertiary/aromatic N) is 3. The van der Waals surface area contributed by atoms with Gasteiger partial charge in [-0.3, -0.25) is 0 Å². The summed E-state index contributed by atoms with van der Waals surface area (Å²) in [5.74, 6) is 1.91. The van der Waals surface area contributed by atoms with Gasteiger partial charge in [0.05, 0.1) is 13.2 Å². The van der Waals surface area contributed by atoms with Crippen LogP contribution in [-0.4, -0.2) is 21.9 Å². The number of nitrogens with one attached hydrogen (secondary N) is 1. The lowest BCUT2D eigenvalue weighted by Gasteiger charge is -2.29. The summed E-state index contributed by atoms with van der Waals surface area (Å²) in [7, 11) is 3.70. The van der Waals surface area contributed by atoms with Gasteiger partial charge >= 0.3 is 0 Å². The molecule has 0 fully saturated rings. The van der Waals surface area contributed by atoms with Gasteiger partial charge in [-0.25, -0.2) is 0 Å². The molecule has 0 saturated heterocycles. The molecule has 1 aliphatic carbocycles. The molecule has 0 radical (unpaired) electrons. The first-order valence-electron chi connectivity index (χ1n) is 7.46. The molecule has 5 heteroatoms. The molecule has 1 N–H and O–H groups in total. The lowest BCUT2D eigenvalue weighted by molar-refractivity contribution is 0.394. The van der Waals surface area contributed by atoms with Crippen molar-refractivity contribution >= 4 is 0 Å². The number of benzene rings is 1. The van der Waals surface area contributed by atoms with Crippen molar-refractivity contribution in [3.63, 3.8) is 0 Å². The smallest absolute Gasteiger partial charge is 0.149 e. The number of hydrogen-bond donors (Lipinski definition) is 1. The number of aromatic nitrogens is 3.